The molecule has 0 spiro atoms. The molecule has 0 aliphatic rings. The summed E-state index contributed by atoms with van der Waals surface area (Å²) in [5.41, 5.74) is 6.15. The SMILES string of the molecule is CCc1ccc(C)c(CC)c1CC. The van der Waals surface area contributed by atoms with Crippen LogP contribution >= 0.6 is 0 Å². The summed E-state index contributed by atoms with van der Waals surface area (Å²) in [5, 5.41) is 0. The molecule has 72 valence electrons. The van der Waals surface area contributed by atoms with Gasteiger partial charge in [-0.3, -0.25) is 0 Å². The monoisotopic (exact) mass is 176 g/mol. The maximum atomic E-state index is 2.29. The maximum absolute atomic E-state index is 2.29. The number of benzene rings is 1. The highest BCUT2D eigenvalue weighted by atomic mass is 14.1. The summed E-state index contributed by atoms with van der Waals surface area (Å²) in [6.07, 6.45) is 3.51. The van der Waals surface area contributed by atoms with Gasteiger partial charge in [-0.1, -0.05) is 32.9 Å². The van der Waals surface area contributed by atoms with E-state index >= 15 is 0 Å². The second-order valence-corrected chi connectivity index (χ2v) is 3.56. The Morgan fingerprint density at radius 3 is 1.92 bits per heavy atom. The number of rotatable bonds is 3. The van der Waals surface area contributed by atoms with Crippen LogP contribution < -0.4 is 0 Å². The highest BCUT2D eigenvalue weighted by molar-refractivity contribution is 5.40. The van der Waals surface area contributed by atoms with Gasteiger partial charge in [0, 0.05) is 0 Å². The summed E-state index contributed by atoms with van der Waals surface area (Å²) >= 11 is 0. The molecule has 0 nitrogen and oxygen atoms in total. The second kappa shape index (κ2) is 4.45. The lowest BCUT2D eigenvalue weighted by atomic mass is 9.92. The smallest absolute Gasteiger partial charge is 0.0302 e. The first-order valence-electron chi connectivity index (χ1n) is 5.34. The van der Waals surface area contributed by atoms with Crippen LogP contribution in [0, 0.1) is 6.92 Å². The molecule has 0 atom stereocenters. The molecular formula is C13H20. The zero-order valence-electron chi connectivity index (χ0n) is 9.28. The van der Waals surface area contributed by atoms with Crippen LogP contribution in [-0.2, 0) is 19.3 Å². The summed E-state index contributed by atoms with van der Waals surface area (Å²) in [4.78, 5) is 0. The zero-order chi connectivity index (χ0) is 9.84. The molecule has 0 bridgehead atoms. The Balaban J connectivity index is 3.27. The lowest BCUT2D eigenvalue weighted by Gasteiger charge is -2.13. The number of hydrogen-bond donors (Lipinski definition) is 0. The Labute approximate surface area is 82.0 Å². The van der Waals surface area contributed by atoms with Crippen LogP contribution in [-0.4, -0.2) is 0 Å². The molecule has 1 aromatic carbocycles. The van der Waals surface area contributed by atoms with Crippen molar-refractivity contribution >= 4 is 0 Å². The van der Waals surface area contributed by atoms with Gasteiger partial charge in [-0.2, -0.15) is 0 Å². The highest BCUT2D eigenvalue weighted by Crippen LogP contribution is 2.20. The van der Waals surface area contributed by atoms with Crippen LogP contribution in [0.2, 0.25) is 0 Å². The molecule has 0 saturated carbocycles. The van der Waals surface area contributed by atoms with E-state index in [0.29, 0.717) is 0 Å². The molecule has 1 aromatic rings. The third-order valence-corrected chi connectivity index (χ3v) is 2.85. The summed E-state index contributed by atoms with van der Waals surface area (Å²) in [7, 11) is 0. The summed E-state index contributed by atoms with van der Waals surface area (Å²) < 4.78 is 0. The molecule has 0 radical (unpaired) electrons. The molecule has 0 saturated heterocycles. The summed E-state index contributed by atoms with van der Waals surface area (Å²) in [6, 6.07) is 4.55. The Morgan fingerprint density at radius 2 is 1.46 bits per heavy atom. The fraction of sp³-hybridized carbons (Fsp3) is 0.538. The predicted molar refractivity (Wildman–Crippen MR) is 59.3 cm³/mol. The predicted octanol–water partition coefficient (Wildman–Crippen LogP) is 3.68. The molecular weight excluding hydrogens is 156 g/mol. The Hall–Kier alpha value is -0.780. The van der Waals surface area contributed by atoms with Gasteiger partial charge in [0.1, 0.15) is 0 Å². The maximum Gasteiger partial charge on any atom is -0.0302 e. The molecule has 0 heterocycles. The van der Waals surface area contributed by atoms with E-state index in [4.69, 9.17) is 0 Å². The zero-order valence-corrected chi connectivity index (χ0v) is 9.28. The first kappa shape index (κ1) is 10.3. The van der Waals surface area contributed by atoms with E-state index in [1.165, 1.54) is 24.0 Å². The van der Waals surface area contributed by atoms with Gasteiger partial charge in [0.15, 0.2) is 0 Å². The highest BCUT2D eigenvalue weighted by Gasteiger charge is 2.06. The minimum absolute atomic E-state index is 1.16. The van der Waals surface area contributed by atoms with Crippen LogP contribution in [0.1, 0.15) is 43.0 Å². The fourth-order valence-corrected chi connectivity index (χ4v) is 2.12. The standard InChI is InChI=1S/C13H20/c1-5-11-9-8-10(4)12(6-2)13(11)7-3/h8-9H,5-7H2,1-4H3. The van der Waals surface area contributed by atoms with Gasteiger partial charge in [-0.15, -0.1) is 0 Å². The normalized spacial score (nSPS) is 10.5. The van der Waals surface area contributed by atoms with E-state index in [1.54, 1.807) is 11.1 Å². The average molecular weight is 176 g/mol. The van der Waals surface area contributed by atoms with Crippen molar-refractivity contribution in [2.24, 2.45) is 0 Å². The fourth-order valence-electron chi connectivity index (χ4n) is 2.12. The number of aryl methyl sites for hydroxylation is 2. The van der Waals surface area contributed by atoms with E-state index in [0.717, 1.165) is 6.42 Å². The Kier molecular flexibility index (Phi) is 3.53. The van der Waals surface area contributed by atoms with Gasteiger partial charge in [0.2, 0.25) is 0 Å². The van der Waals surface area contributed by atoms with Crippen LogP contribution in [0.5, 0.6) is 0 Å². The van der Waals surface area contributed by atoms with Crippen molar-refractivity contribution < 1.29 is 0 Å². The van der Waals surface area contributed by atoms with Crippen molar-refractivity contribution in [3.05, 3.63) is 34.4 Å². The van der Waals surface area contributed by atoms with E-state index < -0.39 is 0 Å². The molecule has 0 aromatic heterocycles. The molecule has 0 aliphatic carbocycles. The minimum Gasteiger partial charge on any atom is -0.0613 e. The summed E-state index contributed by atoms with van der Waals surface area (Å²) in [5.74, 6) is 0. The van der Waals surface area contributed by atoms with Crippen molar-refractivity contribution in [3.63, 3.8) is 0 Å². The van der Waals surface area contributed by atoms with Crippen molar-refractivity contribution in [2.45, 2.75) is 47.0 Å². The Bertz CT molecular complexity index is 284. The Morgan fingerprint density at radius 1 is 0.846 bits per heavy atom. The van der Waals surface area contributed by atoms with E-state index in [1.807, 2.05) is 0 Å². The molecule has 0 unspecified atom stereocenters. The van der Waals surface area contributed by atoms with E-state index in [2.05, 4.69) is 39.8 Å². The van der Waals surface area contributed by atoms with Gasteiger partial charge in [0.05, 0.1) is 0 Å². The quantitative estimate of drug-likeness (QED) is 0.659. The molecule has 0 heteroatoms. The molecule has 0 fully saturated rings. The summed E-state index contributed by atoms with van der Waals surface area (Å²) in [6.45, 7) is 8.97. The average Bonchev–Trinajstić information content (AvgIpc) is 2.17. The molecule has 13 heavy (non-hydrogen) atoms. The van der Waals surface area contributed by atoms with Gasteiger partial charge >= 0.3 is 0 Å². The lowest BCUT2D eigenvalue weighted by Crippen LogP contribution is -1.99. The van der Waals surface area contributed by atoms with E-state index in [9.17, 15) is 0 Å². The molecule has 0 aliphatic heterocycles. The van der Waals surface area contributed by atoms with Crippen molar-refractivity contribution in [2.75, 3.05) is 0 Å². The lowest BCUT2D eigenvalue weighted by molar-refractivity contribution is 0.968. The van der Waals surface area contributed by atoms with E-state index in [-0.39, 0.29) is 0 Å². The van der Waals surface area contributed by atoms with Crippen LogP contribution in [0.15, 0.2) is 12.1 Å². The first-order chi connectivity index (χ1) is 6.24. The van der Waals surface area contributed by atoms with Crippen LogP contribution in [0.4, 0.5) is 0 Å². The van der Waals surface area contributed by atoms with Crippen LogP contribution in [0.3, 0.4) is 0 Å². The van der Waals surface area contributed by atoms with Gasteiger partial charge in [0.25, 0.3) is 0 Å². The minimum atomic E-state index is 1.16. The molecule has 0 N–H and O–H groups in total. The van der Waals surface area contributed by atoms with Crippen LogP contribution in [0.25, 0.3) is 0 Å². The molecule has 0 amide bonds. The van der Waals surface area contributed by atoms with Crippen molar-refractivity contribution in [1.82, 2.24) is 0 Å². The van der Waals surface area contributed by atoms with Crippen molar-refractivity contribution in [3.8, 4) is 0 Å². The van der Waals surface area contributed by atoms with Gasteiger partial charge in [-0.05, 0) is 48.4 Å². The third-order valence-electron chi connectivity index (χ3n) is 2.85. The number of hydrogen-bond acceptors (Lipinski definition) is 0. The first-order valence-corrected chi connectivity index (χ1v) is 5.34. The molecule has 1 rings (SSSR count). The topological polar surface area (TPSA) is 0 Å². The third kappa shape index (κ3) is 1.93. The van der Waals surface area contributed by atoms with Gasteiger partial charge in [-0.25, -0.2) is 0 Å². The van der Waals surface area contributed by atoms with Gasteiger partial charge < -0.3 is 0 Å². The van der Waals surface area contributed by atoms with Crippen molar-refractivity contribution in [1.29, 1.82) is 0 Å². The second-order valence-electron chi connectivity index (χ2n) is 3.56. The largest absolute Gasteiger partial charge is 0.0613 e.